The molecule has 0 aliphatic carbocycles. The Hall–Kier alpha value is -4.05. The molecule has 0 atom stereocenters. The molecule has 0 radical (unpaired) electrons. The summed E-state index contributed by atoms with van der Waals surface area (Å²) in [4.78, 5) is 19.5. The summed E-state index contributed by atoms with van der Waals surface area (Å²) in [5.74, 6) is -1.86. The summed E-state index contributed by atoms with van der Waals surface area (Å²) in [6.45, 7) is 0. The monoisotopic (exact) mass is 358 g/mol. The Labute approximate surface area is 152 Å². The van der Waals surface area contributed by atoms with Gasteiger partial charge in [0.05, 0.1) is 41.0 Å². The van der Waals surface area contributed by atoms with Gasteiger partial charge in [-0.15, -0.1) is 0 Å². The van der Waals surface area contributed by atoms with Crippen molar-refractivity contribution < 1.29 is 14.3 Å². The number of halogens is 1. The Balaban J connectivity index is 1.82. The lowest BCUT2D eigenvalue weighted by molar-refractivity contribution is 0.0696. The molecule has 0 fully saturated rings. The molecule has 130 valence electrons. The number of nitrogens with zero attached hydrogens (tertiary/aromatic N) is 4. The van der Waals surface area contributed by atoms with Crippen LogP contribution in [0, 0.1) is 17.1 Å². The molecule has 2 aromatic heterocycles. The molecule has 7 heteroatoms. The van der Waals surface area contributed by atoms with Gasteiger partial charge in [0, 0.05) is 17.3 Å². The van der Waals surface area contributed by atoms with E-state index in [0.29, 0.717) is 16.9 Å². The van der Waals surface area contributed by atoms with Gasteiger partial charge in [-0.3, -0.25) is 9.38 Å². The molecule has 0 unspecified atom stereocenters. The number of hydrogen-bond acceptors (Lipinski definition) is 4. The normalized spacial score (nSPS) is 10.7. The summed E-state index contributed by atoms with van der Waals surface area (Å²) in [6, 6.07) is 12.8. The van der Waals surface area contributed by atoms with E-state index in [4.69, 9.17) is 10.4 Å². The fraction of sp³-hybridized carbons (Fsp3) is 0. The average Bonchev–Trinajstić information content (AvgIpc) is 3.11. The van der Waals surface area contributed by atoms with E-state index in [2.05, 4.69) is 16.0 Å². The quantitative estimate of drug-likeness (QED) is 0.602. The summed E-state index contributed by atoms with van der Waals surface area (Å²) < 4.78 is 16.1. The second-order valence-electron chi connectivity index (χ2n) is 5.83. The molecule has 2 aromatic carbocycles. The number of carbonyl (C=O) groups is 1. The first-order chi connectivity index (χ1) is 13.1. The van der Waals surface area contributed by atoms with E-state index in [9.17, 15) is 9.18 Å². The van der Waals surface area contributed by atoms with E-state index in [1.54, 1.807) is 28.9 Å². The van der Waals surface area contributed by atoms with Crippen LogP contribution in [0.1, 0.15) is 15.9 Å². The van der Waals surface area contributed by atoms with Gasteiger partial charge in [0.2, 0.25) is 0 Å². The fourth-order valence-electron chi connectivity index (χ4n) is 2.81. The molecule has 0 bridgehead atoms. The highest BCUT2D eigenvalue weighted by molar-refractivity contribution is 5.88. The van der Waals surface area contributed by atoms with Crippen LogP contribution in [-0.2, 0) is 0 Å². The summed E-state index contributed by atoms with van der Waals surface area (Å²) >= 11 is 0. The first-order valence-corrected chi connectivity index (χ1v) is 7.93. The number of fused-ring (bicyclic) bond motifs is 1. The Bertz CT molecular complexity index is 1220. The minimum Gasteiger partial charge on any atom is -0.478 e. The van der Waals surface area contributed by atoms with E-state index >= 15 is 0 Å². The lowest BCUT2D eigenvalue weighted by atomic mass is 10.1. The Morgan fingerprint density at radius 2 is 1.89 bits per heavy atom. The maximum Gasteiger partial charge on any atom is 0.335 e. The number of imidazole rings is 1. The summed E-state index contributed by atoms with van der Waals surface area (Å²) in [7, 11) is 0. The average molecular weight is 358 g/mol. The van der Waals surface area contributed by atoms with Gasteiger partial charge in [0.1, 0.15) is 5.82 Å². The van der Waals surface area contributed by atoms with Gasteiger partial charge in [-0.05, 0) is 30.3 Å². The molecule has 6 nitrogen and oxygen atoms in total. The lowest BCUT2D eigenvalue weighted by Crippen LogP contribution is -1.99. The molecular formula is C20H11FN4O2. The molecule has 0 aliphatic heterocycles. The summed E-state index contributed by atoms with van der Waals surface area (Å²) in [6.07, 6.45) is 4.84. The van der Waals surface area contributed by atoms with Crippen molar-refractivity contribution >= 4 is 11.6 Å². The van der Waals surface area contributed by atoms with Crippen molar-refractivity contribution in [2.45, 2.75) is 0 Å². The second-order valence-corrected chi connectivity index (χ2v) is 5.83. The van der Waals surface area contributed by atoms with E-state index in [1.165, 1.54) is 18.3 Å². The predicted octanol–water partition coefficient (Wildman–Crippen LogP) is 3.77. The third-order valence-electron chi connectivity index (χ3n) is 4.20. The number of carboxylic acid groups (broad SMARTS) is 1. The van der Waals surface area contributed by atoms with Gasteiger partial charge in [0.25, 0.3) is 0 Å². The van der Waals surface area contributed by atoms with Gasteiger partial charge in [-0.25, -0.2) is 14.2 Å². The molecule has 0 spiro atoms. The molecule has 4 aromatic rings. The Morgan fingerprint density at radius 3 is 2.56 bits per heavy atom. The van der Waals surface area contributed by atoms with Crippen LogP contribution in [-0.4, -0.2) is 25.4 Å². The van der Waals surface area contributed by atoms with Crippen LogP contribution >= 0.6 is 0 Å². The third kappa shape index (κ3) is 2.89. The Morgan fingerprint density at radius 1 is 1.11 bits per heavy atom. The molecule has 27 heavy (non-hydrogen) atoms. The highest BCUT2D eigenvalue weighted by Crippen LogP contribution is 2.26. The Kier molecular flexibility index (Phi) is 3.86. The van der Waals surface area contributed by atoms with Crippen molar-refractivity contribution in [2.24, 2.45) is 0 Å². The van der Waals surface area contributed by atoms with Crippen LogP contribution in [0.25, 0.3) is 28.2 Å². The highest BCUT2D eigenvalue weighted by atomic mass is 19.1. The largest absolute Gasteiger partial charge is 0.478 e. The molecule has 0 amide bonds. The van der Waals surface area contributed by atoms with E-state index in [1.807, 2.05) is 12.1 Å². The van der Waals surface area contributed by atoms with Crippen LogP contribution in [0.4, 0.5) is 4.39 Å². The van der Waals surface area contributed by atoms with Crippen molar-refractivity contribution in [1.29, 1.82) is 5.26 Å². The van der Waals surface area contributed by atoms with E-state index in [0.717, 1.165) is 17.3 Å². The first-order valence-electron chi connectivity index (χ1n) is 7.93. The number of aromatic nitrogens is 3. The van der Waals surface area contributed by atoms with Crippen molar-refractivity contribution in [1.82, 2.24) is 14.4 Å². The third-order valence-corrected chi connectivity index (χ3v) is 4.20. The molecule has 2 heterocycles. The van der Waals surface area contributed by atoms with Gasteiger partial charge in [-0.1, -0.05) is 12.1 Å². The summed E-state index contributed by atoms with van der Waals surface area (Å²) in [5, 5.41) is 17.9. The lowest BCUT2D eigenvalue weighted by Gasteiger charge is -2.07. The molecule has 0 aliphatic rings. The van der Waals surface area contributed by atoms with Gasteiger partial charge in [0.15, 0.2) is 5.65 Å². The van der Waals surface area contributed by atoms with Crippen molar-refractivity contribution in [3.05, 3.63) is 78.0 Å². The van der Waals surface area contributed by atoms with Gasteiger partial charge in [-0.2, -0.15) is 5.26 Å². The number of nitriles is 1. The standard InChI is InChI=1S/C20H11FN4O2/c21-16-7-14(20(26)27)5-6-15(16)17-11-25-18(9-24-19(25)10-23-17)13-3-1-12(8-22)2-4-13/h1-7,9-11H,(H,26,27). The van der Waals surface area contributed by atoms with Crippen LogP contribution in [0.3, 0.4) is 0 Å². The minimum absolute atomic E-state index is 0.127. The highest BCUT2D eigenvalue weighted by Gasteiger charge is 2.13. The fourth-order valence-corrected chi connectivity index (χ4v) is 2.81. The maximum atomic E-state index is 14.4. The first kappa shape index (κ1) is 16.4. The topological polar surface area (TPSA) is 91.3 Å². The molecule has 4 rings (SSSR count). The molecule has 0 saturated carbocycles. The molecule has 0 saturated heterocycles. The van der Waals surface area contributed by atoms with Crippen LogP contribution in [0.15, 0.2) is 61.1 Å². The number of carboxylic acids is 1. The number of aromatic carboxylic acids is 1. The SMILES string of the molecule is N#Cc1ccc(-c2cnc3cnc(-c4ccc(C(=O)O)cc4F)cn23)cc1. The smallest absolute Gasteiger partial charge is 0.335 e. The van der Waals surface area contributed by atoms with Crippen molar-refractivity contribution in [3.63, 3.8) is 0 Å². The zero-order chi connectivity index (χ0) is 19.0. The summed E-state index contributed by atoms with van der Waals surface area (Å²) in [5.41, 5.74) is 3.17. The zero-order valence-corrected chi connectivity index (χ0v) is 13.8. The molecule has 1 N–H and O–H groups in total. The van der Waals surface area contributed by atoms with Crippen LogP contribution in [0.2, 0.25) is 0 Å². The number of rotatable bonds is 3. The van der Waals surface area contributed by atoms with Crippen LogP contribution in [0.5, 0.6) is 0 Å². The van der Waals surface area contributed by atoms with Gasteiger partial charge >= 0.3 is 5.97 Å². The van der Waals surface area contributed by atoms with E-state index < -0.39 is 11.8 Å². The predicted molar refractivity (Wildman–Crippen MR) is 95.5 cm³/mol. The van der Waals surface area contributed by atoms with E-state index in [-0.39, 0.29) is 11.1 Å². The van der Waals surface area contributed by atoms with Gasteiger partial charge < -0.3 is 5.11 Å². The minimum atomic E-state index is -1.19. The maximum absolute atomic E-state index is 14.4. The van der Waals surface area contributed by atoms with Crippen molar-refractivity contribution in [3.8, 4) is 28.6 Å². The number of hydrogen-bond donors (Lipinski definition) is 1. The zero-order valence-electron chi connectivity index (χ0n) is 13.8. The molecular weight excluding hydrogens is 347 g/mol. The number of benzene rings is 2. The van der Waals surface area contributed by atoms with Crippen LogP contribution < -0.4 is 0 Å². The second kappa shape index (κ2) is 6.35. The van der Waals surface area contributed by atoms with Crippen molar-refractivity contribution in [2.75, 3.05) is 0 Å².